The summed E-state index contributed by atoms with van der Waals surface area (Å²) in [5.41, 5.74) is 1.81. The molecule has 0 radical (unpaired) electrons. The van der Waals surface area contributed by atoms with Gasteiger partial charge in [0.25, 0.3) is 0 Å². The molecule has 3 heteroatoms. The second-order valence-electron chi connectivity index (χ2n) is 3.53. The molecule has 1 aromatic carbocycles. The van der Waals surface area contributed by atoms with Crippen molar-refractivity contribution < 1.29 is 5.11 Å². The SMILES string of the molecule is CNCC(O)c1cnc2ccccc2c1. The molecule has 1 unspecified atom stereocenters. The molecular weight excluding hydrogens is 188 g/mol. The van der Waals surface area contributed by atoms with Gasteiger partial charge in [0.1, 0.15) is 0 Å². The lowest BCUT2D eigenvalue weighted by atomic mass is 10.1. The van der Waals surface area contributed by atoms with Crippen molar-refractivity contribution in [2.45, 2.75) is 6.10 Å². The Morgan fingerprint density at radius 3 is 3.00 bits per heavy atom. The molecule has 0 saturated heterocycles. The molecule has 0 aliphatic carbocycles. The van der Waals surface area contributed by atoms with Crippen LogP contribution in [-0.4, -0.2) is 23.7 Å². The van der Waals surface area contributed by atoms with Gasteiger partial charge in [0.15, 0.2) is 0 Å². The molecule has 0 fully saturated rings. The fourth-order valence-electron chi connectivity index (χ4n) is 1.58. The summed E-state index contributed by atoms with van der Waals surface area (Å²) in [7, 11) is 1.82. The molecular formula is C12H14N2O. The zero-order valence-corrected chi connectivity index (χ0v) is 8.64. The summed E-state index contributed by atoms with van der Waals surface area (Å²) < 4.78 is 0. The number of rotatable bonds is 3. The van der Waals surface area contributed by atoms with Crippen molar-refractivity contribution in [1.82, 2.24) is 10.3 Å². The van der Waals surface area contributed by atoms with Crippen LogP contribution in [0.1, 0.15) is 11.7 Å². The molecule has 1 aromatic heterocycles. The number of benzene rings is 1. The van der Waals surface area contributed by atoms with Crippen molar-refractivity contribution in [3.05, 3.63) is 42.1 Å². The number of nitrogens with one attached hydrogen (secondary N) is 1. The van der Waals surface area contributed by atoms with E-state index in [9.17, 15) is 5.11 Å². The molecule has 0 amide bonds. The van der Waals surface area contributed by atoms with E-state index in [2.05, 4.69) is 10.3 Å². The fourth-order valence-corrected chi connectivity index (χ4v) is 1.58. The van der Waals surface area contributed by atoms with Crippen LogP contribution in [0.3, 0.4) is 0 Å². The van der Waals surface area contributed by atoms with Crippen LogP contribution in [-0.2, 0) is 0 Å². The van der Waals surface area contributed by atoms with Crippen molar-refractivity contribution in [3.8, 4) is 0 Å². The smallest absolute Gasteiger partial charge is 0.0929 e. The number of aliphatic hydroxyl groups excluding tert-OH is 1. The first-order chi connectivity index (χ1) is 7.31. The van der Waals surface area contributed by atoms with Crippen LogP contribution < -0.4 is 5.32 Å². The highest BCUT2D eigenvalue weighted by molar-refractivity contribution is 5.78. The summed E-state index contributed by atoms with van der Waals surface area (Å²) in [4.78, 5) is 4.30. The second-order valence-corrected chi connectivity index (χ2v) is 3.53. The molecule has 0 aliphatic heterocycles. The summed E-state index contributed by atoms with van der Waals surface area (Å²) in [6, 6.07) is 9.86. The number of hydrogen-bond acceptors (Lipinski definition) is 3. The summed E-state index contributed by atoms with van der Waals surface area (Å²) in [6.45, 7) is 0.542. The number of aromatic nitrogens is 1. The number of aliphatic hydroxyl groups is 1. The van der Waals surface area contributed by atoms with Gasteiger partial charge in [-0.15, -0.1) is 0 Å². The quantitative estimate of drug-likeness (QED) is 0.792. The largest absolute Gasteiger partial charge is 0.387 e. The maximum absolute atomic E-state index is 9.78. The summed E-state index contributed by atoms with van der Waals surface area (Å²) in [6.07, 6.45) is 1.23. The number of pyridine rings is 1. The molecule has 2 rings (SSSR count). The summed E-state index contributed by atoms with van der Waals surface area (Å²) in [5.74, 6) is 0. The fraction of sp³-hybridized carbons (Fsp3) is 0.250. The van der Waals surface area contributed by atoms with Gasteiger partial charge in [-0.1, -0.05) is 18.2 Å². The monoisotopic (exact) mass is 202 g/mol. The zero-order chi connectivity index (χ0) is 10.7. The maximum atomic E-state index is 9.78. The van der Waals surface area contributed by atoms with Crippen molar-refractivity contribution in [2.75, 3.05) is 13.6 Å². The minimum Gasteiger partial charge on any atom is -0.387 e. The number of fused-ring (bicyclic) bond motifs is 1. The highest BCUT2D eigenvalue weighted by Crippen LogP contribution is 2.17. The molecule has 2 aromatic rings. The van der Waals surface area contributed by atoms with Gasteiger partial charge in [-0.2, -0.15) is 0 Å². The van der Waals surface area contributed by atoms with E-state index in [1.54, 1.807) is 6.20 Å². The highest BCUT2D eigenvalue weighted by atomic mass is 16.3. The van der Waals surface area contributed by atoms with Gasteiger partial charge in [0.2, 0.25) is 0 Å². The highest BCUT2D eigenvalue weighted by Gasteiger charge is 2.06. The van der Waals surface area contributed by atoms with Crippen LogP contribution in [0.2, 0.25) is 0 Å². The van der Waals surface area contributed by atoms with Gasteiger partial charge >= 0.3 is 0 Å². The maximum Gasteiger partial charge on any atom is 0.0929 e. The van der Waals surface area contributed by atoms with Crippen LogP contribution >= 0.6 is 0 Å². The molecule has 0 saturated carbocycles. The first kappa shape index (κ1) is 10.1. The minimum atomic E-state index is -0.493. The summed E-state index contributed by atoms with van der Waals surface area (Å²) >= 11 is 0. The van der Waals surface area contributed by atoms with Crippen LogP contribution in [0, 0.1) is 0 Å². The standard InChI is InChI=1S/C12H14N2O/c1-13-8-12(15)10-6-9-4-2-3-5-11(9)14-7-10/h2-7,12-13,15H,8H2,1H3. The second kappa shape index (κ2) is 4.38. The van der Waals surface area contributed by atoms with Crippen molar-refractivity contribution in [1.29, 1.82) is 0 Å². The first-order valence-electron chi connectivity index (χ1n) is 4.98. The number of nitrogens with zero attached hydrogens (tertiary/aromatic N) is 1. The van der Waals surface area contributed by atoms with E-state index in [1.807, 2.05) is 37.4 Å². The topological polar surface area (TPSA) is 45.1 Å². The van der Waals surface area contributed by atoms with Crippen LogP contribution in [0.15, 0.2) is 36.5 Å². The Bertz CT molecular complexity index is 456. The molecule has 78 valence electrons. The van der Waals surface area contributed by atoms with E-state index in [0.29, 0.717) is 6.54 Å². The lowest BCUT2D eigenvalue weighted by molar-refractivity contribution is 0.177. The third-order valence-corrected chi connectivity index (χ3v) is 2.39. The Hall–Kier alpha value is -1.45. The van der Waals surface area contributed by atoms with Crippen molar-refractivity contribution in [2.24, 2.45) is 0 Å². The number of para-hydroxylation sites is 1. The Morgan fingerprint density at radius 2 is 2.20 bits per heavy atom. The van der Waals surface area contributed by atoms with E-state index in [0.717, 1.165) is 16.5 Å². The van der Waals surface area contributed by atoms with Gasteiger partial charge in [-0.3, -0.25) is 4.98 Å². The first-order valence-corrected chi connectivity index (χ1v) is 4.98. The van der Waals surface area contributed by atoms with E-state index in [1.165, 1.54) is 0 Å². The van der Waals surface area contributed by atoms with Crippen LogP contribution in [0.25, 0.3) is 10.9 Å². The zero-order valence-electron chi connectivity index (χ0n) is 8.64. The Morgan fingerprint density at radius 1 is 1.40 bits per heavy atom. The van der Waals surface area contributed by atoms with Gasteiger partial charge in [0.05, 0.1) is 11.6 Å². The molecule has 3 nitrogen and oxygen atoms in total. The third kappa shape index (κ3) is 2.14. The van der Waals surface area contributed by atoms with E-state index in [4.69, 9.17) is 0 Å². The van der Waals surface area contributed by atoms with E-state index in [-0.39, 0.29) is 0 Å². The average Bonchev–Trinajstić information content (AvgIpc) is 2.29. The Balaban J connectivity index is 2.38. The van der Waals surface area contributed by atoms with Gasteiger partial charge in [0, 0.05) is 23.7 Å². The van der Waals surface area contributed by atoms with Gasteiger partial charge in [-0.05, 0) is 19.2 Å². The molecule has 0 aliphatic rings. The summed E-state index contributed by atoms with van der Waals surface area (Å²) in [5, 5.41) is 13.8. The lowest BCUT2D eigenvalue weighted by Crippen LogP contribution is -2.16. The molecule has 0 bridgehead atoms. The predicted molar refractivity (Wildman–Crippen MR) is 60.6 cm³/mol. The molecule has 0 spiro atoms. The normalized spacial score (nSPS) is 12.9. The minimum absolute atomic E-state index is 0.493. The van der Waals surface area contributed by atoms with Crippen LogP contribution in [0.5, 0.6) is 0 Å². The molecule has 1 heterocycles. The predicted octanol–water partition coefficient (Wildman–Crippen LogP) is 1.49. The van der Waals surface area contributed by atoms with Gasteiger partial charge in [-0.25, -0.2) is 0 Å². The molecule has 1 atom stereocenters. The van der Waals surface area contributed by atoms with Crippen molar-refractivity contribution in [3.63, 3.8) is 0 Å². The number of hydrogen-bond donors (Lipinski definition) is 2. The van der Waals surface area contributed by atoms with Crippen molar-refractivity contribution >= 4 is 10.9 Å². The average molecular weight is 202 g/mol. The van der Waals surface area contributed by atoms with E-state index < -0.39 is 6.10 Å². The Kier molecular flexibility index (Phi) is 2.94. The van der Waals surface area contributed by atoms with Crippen LogP contribution in [0.4, 0.5) is 0 Å². The lowest BCUT2D eigenvalue weighted by Gasteiger charge is -2.10. The third-order valence-electron chi connectivity index (χ3n) is 2.39. The molecule has 15 heavy (non-hydrogen) atoms. The van der Waals surface area contributed by atoms with E-state index >= 15 is 0 Å². The molecule has 2 N–H and O–H groups in total. The Labute approximate surface area is 88.8 Å². The van der Waals surface area contributed by atoms with Gasteiger partial charge < -0.3 is 10.4 Å². The number of likely N-dealkylation sites (N-methyl/N-ethyl adjacent to an activating group) is 1.